The number of rotatable bonds is 7. The second-order valence-corrected chi connectivity index (χ2v) is 6.47. The highest BCUT2D eigenvalue weighted by Gasteiger charge is 2.48. The predicted octanol–water partition coefficient (Wildman–Crippen LogP) is 3.16. The maximum atomic E-state index is 4.47. The van der Waals surface area contributed by atoms with Crippen LogP contribution in [-0.4, -0.2) is 23.3 Å². The summed E-state index contributed by atoms with van der Waals surface area (Å²) in [6, 6.07) is 10.8. The Morgan fingerprint density at radius 2 is 2.00 bits per heavy atom. The Morgan fingerprint density at radius 1 is 1.20 bits per heavy atom. The SMILES string of the molecule is CCNCCCc1nnc(C2(c3ccccc3)CC2)s1. The molecule has 1 saturated carbocycles. The third-order valence-corrected chi connectivity index (χ3v) is 5.13. The highest BCUT2D eigenvalue weighted by molar-refractivity contribution is 7.11. The fourth-order valence-electron chi connectivity index (χ4n) is 2.60. The van der Waals surface area contributed by atoms with Gasteiger partial charge in [-0.2, -0.15) is 0 Å². The Kier molecular flexibility index (Phi) is 4.13. The van der Waals surface area contributed by atoms with Crippen LogP contribution >= 0.6 is 11.3 Å². The summed E-state index contributed by atoms with van der Waals surface area (Å²) in [7, 11) is 0. The van der Waals surface area contributed by atoms with Crippen molar-refractivity contribution in [3.63, 3.8) is 0 Å². The van der Waals surface area contributed by atoms with Crippen LogP contribution in [0.5, 0.6) is 0 Å². The number of aryl methyl sites for hydroxylation is 1. The van der Waals surface area contributed by atoms with Gasteiger partial charge in [0.1, 0.15) is 10.0 Å². The number of hydrogen-bond donors (Lipinski definition) is 1. The first-order valence-electron chi connectivity index (χ1n) is 7.44. The first-order chi connectivity index (χ1) is 9.85. The van der Waals surface area contributed by atoms with Gasteiger partial charge in [-0.25, -0.2) is 0 Å². The molecule has 1 aliphatic rings. The number of nitrogens with one attached hydrogen (secondary N) is 1. The molecule has 0 atom stereocenters. The molecule has 3 nitrogen and oxygen atoms in total. The van der Waals surface area contributed by atoms with E-state index in [2.05, 4.69) is 52.8 Å². The standard InChI is InChI=1S/C16H21N3S/c1-2-17-12-6-9-14-18-19-15(20-14)16(10-11-16)13-7-4-3-5-8-13/h3-5,7-8,17H,2,6,9-12H2,1H3. The molecule has 0 spiro atoms. The largest absolute Gasteiger partial charge is 0.317 e. The van der Waals surface area contributed by atoms with Crippen molar-refractivity contribution < 1.29 is 0 Å². The topological polar surface area (TPSA) is 37.8 Å². The van der Waals surface area contributed by atoms with Crippen LogP contribution in [0.4, 0.5) is 0 Å². The molecular formula is C16H21N3S. The van der Waals surface area contributed by atoms with Crippen molar-refractivity contribution in [1.82, 2.24) is 15.5 Å². The lowest BCUT2D eigenvalue weighted by atomic mass is 9.97. The summed E-state index contributed by atoms with van der Waals surface area (Å²) in [5.41, 5.74) is 1.58. The summed E-state index contributed by atoms with van der Waals surface area (Å²) in [5, 5.41) is 14.6. The fourth-order valence-corrected chi connectivity index (χ4v) is 3.75. The number of nitrogens with zero attached hydrogens (tertiary/aromatic N) is 2. The molecule has 0 aliphatic heterocycles. The van der Waals surface area contributed by atoms with Crippen molar-refractivity contribution in [2.24, 2.45) is 0 Å². The molecule has 4 heteroatoms. The molecule has 0 unspecified atom stereocenters. The molecule has 0 radical (unpaired) electrons. The van der Waals surface area contributed by atoms with Gasteiger partial charge >= 0.3 is 0 Å². The highest BCUT2D eigenvalue weighted by atomic mass is 32.1. The van der Waals surface area contributed by atoms with Gasteiger partial charge in [-0.3, -0.25) is 0 Å². The zero-order valence-corrected chi connectivity index (χ0v) is 12.7. The monoisotopic (exact) mass is 287 g/mol. The van der Waals surface area contributed by atoms with E-state index in [0.29, 0.717) is 0 Å². The van der Waals surface area contributed by atoms with Crippen LogP contribution in [0.15, 0.2) is 30.3 Å². The second kappa shape index (κ2) is 6.02. The molecule has 1 heterocycles. The van der Waals surface area contributed by atoms with E-state index in [9.17, 15) is 0 Å². The lowest BCUT2D eigenvalue weighted by Gasteiger charge is -2.11. The zero-order valence-electron chi connectivity index (χ0n) is 11.9. The summed E-state index contributed by atoms with van der Waals surface area (Å²) in [6.45, 7) is 4.24. The van der Waals surface area contributed by atoms with E-state index in [0.717, 1.165) is 25.9 Å². The smallest absolute Gasteiger partial charge is 0.128 e. The van der Waals surface area contributed by atoms with Crippen LogP contribution in [0.2, 0.25) is 0 Å². The molecule has 0 amide bonds. The normalized spacial score (nSPS) is 16.2. The van der Waals surface area contributed by atoms with Crippen LogP contribution in [0.3, 0.4) is 0 Å². The number of hydrogen-bond acceptors (Lipinski definition) is 4. The van der Waals surface area contributed by atoms with E-state index >= 15 is 0 Å². The molecular weight excluding hydrogens is 266 g/mol. The van der Waals surface area contributed by atoms with Gasteiger partial charge < -0.3 is 5.32 Å². The van der Waals surface area contributed by atoms with Gasteiger partial charge in [0.05, 0.1) is 0 Å². The molecule has 1 aromatic carbocycles. The summed E-state index contributed by atoms with van der Waals surface area (Å²) >= 11 is 1.81. The minimum absolute atomic E-state index is 0.179. The minimum atomic E-state index is 0.179. The van der Waals surface area contributed by atoms with Crippen molar-refractivity contribution in [2.75, 3.05) is 13.1 Å². The van der Waals surface area contributed by atoms with Gasteiger partial charge in [-0.1, -0.05) is 37.3 Å². The van der Waals surface area contributed by atoms with E-state index in [1.807, 2.05) is 0 Å². The van der Waals surface area contributed by atoms with E-state index < -0.39 is 0 Å². The number of benzene rings is 1. The van der Waals surface area contributed by atoms with Crippen LogP contribution in [0, 0.1) is 0 Å². The van der Waals surface area contributed by atoms with Crippen LogP contribution < -0.4 is 5.32 Å². The highest BCUT2D eigenvalue weighted by Crippen LogP contribution is 2.54. The van der Waals surface area contributed by atoms with Gasteiger partial charge in [0, 0.05) is 11.8 Å². The van der Waals surface area contributed by atoms with Crippen molar-refractivity contribution in [3.05, 3.63) is 45.9 Å². The predicted molar refractivity (Wildman–Crippen MR) is 83.2 cm³/mol. The molecule has 3 rings (SSSR count). The average molecular weight is 287 g/mol. The van der Waals surface area contributed by atoms with E-state index in [4.69, 9.17) is 0 Å². The Balaban J connectivity index is 1.68. The van der Waals surface area contributed by atoms with E-state index in [1.165, 1.54) is 28.4 Å². The average Bonchev–Trinajstić information content (AvgIpc) is 3.18. The van der Waals surface area contributed by atoms with Gasteiger partial charge in [-0.05, 0) is 37.9 Å². The van der Waals surface area contributed by atoms with Crippen LogP contribution in [0.25, 0.3) is 0 Å². The third kappa shape index (κ3) is 2.76. The lowest BCUT2D eigenvalue weighted by molar-refractivity contribution is 0.668. The molecule has 2 aromatic rings. The quantitative estimate of drug-likeness (QED) is 0.795. The lowest BCUT2D eigenvalue weighted by Crippen LogP contribution is -2.14. The summed E-state index contributed by atoms with van der Waals surface area (Å²) in [6.07, 6.45) is 4.60. The Bertz CT molecular complexity index is 546. The number of aromatic nitrogens is 2. The molecule has 1 N–H and O–H groups in total. The molecule has 1 aromatic heterocycles. The first kappa shape index (κ1) is 13.7. The maximum absolute atomic E-state index is 4.47. The van der Waals surface area contributed by atoms with E-state index in [-0.39, 0.29) is 5.41 Å². The van der Waals surface area contributed by atoms with Crippen molar-refractivity contribution in [2.45, 2.75) is 38.0 Å². The molecule has 0 bridgehead atoms. The fraction of sp³-hybridized carbons (Fsp3) is 0.500. The van der Waals surface area contributed by atoms with Gasteiger partial charge in [0.15, 0.2) is 0 Å². The minimum Gasteiger partial charge on any atom is -0.317 e. The molecule has 20 heavy (non-hydrogen) atoms. The Hall–Kier alpha value is -1.26. The van der Waals surface area contributed by atoms with Crippen molar-refractivity contribution >= 4 is 11.3 Å². The maximum Gasteiger partial charge on any atom is 0.128 e. The molecule has 1 aliphatic carbocycles. The first-order valence-corrected chi connectivity index (χ1v) is 8.26. The summed E-state index contributed by atoms with van der Waals surface area (Å²) in [4.78, 5) is 0. The Labute approximate surface area is 124 Å². The molecule has 1 fully saturated rings. The summed E-state index contributed by atoms with van der Waals surface area (Å²) in [5.74, 6) is 0. The van der Waals surface area contributed by atoms with Crippen molar-refractivity contribution in [1.29, 1.82) is 0 Å². The van der Waals surface area contributed by atoms with E-state index in [1.54, 1.807) is 11.3 Å². The van der Waals surface area contributed by atoms with Gasteiger partial charge in [0.25, 0.3) is 0 Å². The Morgan fingerprint density at radius 3 is 2.70 bits per heavy atom. The van der Waals surface area contributed by atoms with Crippen LogP contribution in [0.1, 0.15) is 41.8 Å². The molecule has 106 valence electrons. The second-order valence-electron chi connectivity index (χ2n) is 5.41. The zero-order chi connectivity index (χ0) is 13.8. The third-order valence-electron chi connectivity index (χ3n) is 3.95. The van der Waals surface area contributed by atoms with Gasteiger partial charge in [-0.15, -0.1) is 21.5 Å². The van der Waals surface area contributed by atoms with Crippen LogP contribution in [-0.2, 0) is 11.8 Å². The summed E-state index contributed by atoms with van der Waals surface area (Å²) < 4.78 is 0. The van der Waals surface area contributed by atoms with Crippen molar-refractivity contribution in [3.8, 4) is 0 Å². The molecule has 0 saturated heterocycles. The van der Waals surface area contributed by atoms with Gasteiger partial charge in [0.2, 0.25) is 0 Å².